The van der Waals surface area contributed by atoms with Gasteiger partial charge in [0.05, 0.1) is 5.69 Å². The molecule has 4 rings (SSSR count). The third-order valence-corrected chi connectivity index (χ3v) is 5.01. The Bertz CT molecular complexity index is 1170. The number of benzene rings is 2. The van der Waals surface area contributed by atoms with Gasteiger partial charge in [0.25, 0.3) is 5.91 Å². The van der Waals surface area contributed by atoms with Crippen molar-refractivity contribution in [3.8, 4) is 16.9 Å². The quantitative estimate of drug-likeness (QED) is 0.502. The molecule has 0 aliphatic carbocycles. The second-order valence-corrected chi connectivity index (χ2v) is 7.49. The Morgan fingerprint density at radius 2 is 1.68 bits per heavy atom. The summed E-state index contributed by atoms with van der Waals surface area (Å²) in [5.74, 6) is -0.239. The van der Waals surface area contributed by atoms with Crippen molar-refractivity contribution in [2.24, 2.45) is 0 Å². The van der Waals surface area contributed by atoms with E-state index < -0.39 is 0 Å². The van der Waals surface area contributed by atoms with Gasteiger partial charge in [0.15, 0.2) is 5.69 Å². The minimum absolute atomic E-state index is 0.189. The van der Waals surface area contributed by atoms with E-state index in [-0.39, 0.29) is 17.4 Å². The average molecular weight is 415 g/mol. The molecule has 6 nitrogen and oxygen atoms in total. The van der Waals surface area contributed by atoms with Crippen molar-refractivity contribution >= 4 is 5.91 Å². The van der Waals surface area contributed by atoms with Gasteiger partial charge in [-0.05, 0) is 53.4 Å². The lowest BCUT2D eigenvalue weighted by molar-refractivity contribution is 0.0946. The molecule has 1 amide bonds. The Morgan fingerprint density at radius 1 is 1.00 bits per heavy atom. The molecule has 2 aromatic heterocycles. The third-order valence-electron chi connectivity index (χ3n) is 5.01. The van der Waals surface area contributed by atoms with E-state index in [0.29, 0.717) is 23.8 Å². The van der Waals surface area contributed by atoms with Gasteiger partial charge in [0.2, 0.25) is 0 Å². The Kier molecular flexibility index (Phi) is 5.84. The zero-order valence-electron chi connectivity index (χ0n) is 17.3. The van der Waals surface area contributed by atoms with Crippen molar-refractivity contribution in [2.75, 3.05) is 0 Å². The topological polar surface area (TPSA) is 72.7 Å². The Hall–Kier alpha value is -3.87. The molecule has 0 radical (unpaired) electrons. The maximum Gasteiger partial charge on any atom is 0.274 e. The molecule has 4 aromatic rings. The maximum atomic E-state index is 13.4. The van der Waals surface area contributed by atoms with Gasteiger partial charge >= 0.3 is 0 Å². The lowest BCUT2D eigenvalue weighted by Gasteiger charge is -2.10. The minimum atomic E-state index is -0.351. The molecule has 0 saturated carbocycles. The van der Waals surface area contributed by atoms with E-state index in [0.717, 1.165) is 11.1 Å². The van der Waals surface area contributed by atoms with Crippen LogP contribution in [0.15, 0.2) is 73.1 Å². The Morgan fingerprint density at radius 3 is 2.32 bits per heavy atom. The molecule has 0 unspecified atom stereocenters. The molecule has 2 aromatic carbocycles. The fourth-order valence-electron chi connectivity index (χ4n) is 3.25. The molecular weight excluding hydrogens is 393 g/mol. The fourth-order valence-corrected chi connectivity index (χ4v) is 3.25. The first-order valence-electron chi connectivity index (χ1n) is 10.0. The normalized spacial score (nSPS) is 11.0. The number of halogens is 1. The van der Waals surface area contributed by atoms with Crippen LogP contribution in [0.2, 0.25) is 0 Å². The summed E-state index contributed by atoms with van der Waals surface area (Å²) in [5, 5.41) is 11.2. The predicted molar refractivity (Wildman–Crippen MR) is 116 cm³/mol. The van der Waals surface area contributed by atoms with Crippen LogP contribution in [0.3, 0.4) is 0 Å². The van der Waals surface area contributed by atoms with Crippen molar-refractivity contribution in [3.63, 3.8) is 0 Å². The van der Waals surface area contributed by atoms with Gasteiger partial charge in [0.1, 0.15) is 11.5 Å². The first-order chi connectivity index (χ1) is 15.0. The van der Waals surface area contributed by atoms with E-state index in [9.17, 15) is 9.18 Å². The Labute approximate surface area is 179 Å². The van der Waals surface area contributed by atoms with Crippen LogP contribution in [0.4, 0.5) is 4.39 Å². The van der Waals surface area contributed by atoms with Crippen LogP contribution in [0.25, 0.3) is 16.9 Å². The van der Waals surface area contributed by atoms with E-state index in [1.54, 1.807) is 36.7 Å². The van der Waals surface area contributed by atoms with E-state index >= 15 is 0 Å². The molecule has 7 heteroatoms. The Balaban J connectivity index is 1.63. The van der Waals surface area contributed by atoms with Gasteiger partial charge in [-0.2, -0.15) is 0 Å². The first-order valence-corrected chi connectivity index (χ1v) is 10.0. The highest BCUT2D eigenvalue weighted by Gasteiger charge is 2.22. The lowest BCUT2D eigenvalue weighted by atomic mass is 10.0. The highest BCUT2D eigenvalue weighted by molar-refractivity contribution is 5.98. The van der Waals surface area contributed by atoms with Gasteiger partial charge in [-0.1, -0.05) is 43.3 Å². The number of amides is 1. The lowest BCUT2D eigenvalue weighted by Crippen LogP contribution is -2.24. The van der Waals surface area contributed by atoms with E-state index in [1.165, 1.54) is 22.4 Å². The second kappa shape index (κ2) is 8.87. The van der Waals surface area contributed by atoms with Crippen molar-refractivity contribution in [1.82, 2.24) is 25.3 Å². The number of carbonyl (C=O) groups is 1. The summed E-state index contributed by atoms with van der Waals surface area (Å²) < 4.78 is 14.9. The number of hydrogen-bond acceptors (Lipinski definition) is 4. The SMILES string of the molecule is CC(C)c1ccc(CNC(=O)c2nnn(-c3ccc(F)cc3)c2-c2ccncc2)cc1. The average Bonchev–Trinajstić information content (AvgIpc) is 3.24. The number of pyridine rings is 1. The number of aromatic nitrogens is 4. The van der Waals surface area contributed by atoms with Gasteiger partial charge in [-0.15, -0.1) is 5.10 Å². The maximum absolute atomic E-state index is 13.4. The highest BCUT2D eigenvalue weighted by Crippen LogP contribution is 2.25. The molecule has 0 aliphatic heterocycles. The van der Waals surface area contributed by atoms with Crippen LogP contribution in [0.1, 0.15) is 41.4 Å². The summed E-state index contributed by atoms with van der Waals surface area (Å²) in [4.78, 5) is 17.0. The summed E-state index contributed by atoms with van der Waals surface area (Å²) in [5.41, 5.74) is 4.28. The van der Waals surface area contributed by atoms with Crippen molar-refractivity contribution in [3.05, 3.63) is 95.7 Å². The monoisotopic (exact) mass is 415 g/mol. The summed E-state index contributed by atoms with van der Waals surface area (Å²) in [7, 11) is 0. The van der Waals surface area contributed by atoms with Crippen molar-refractivity contribution in [2.45, 2.75) is 26.3 Å². The number of nitrogens with zero attached hydrogens (tertiary/aromatic N) is 4. The number of carbonyl (C=O) groups excluding carboxylic acids is 1. The zero-order chi connectivity index (χ0) is 21.8. The summed E-state index contributed by atoms with van der Waals surface area (Å²) >= 11 is 0. The van der Waals surface area contributed by atoms with Gasteiger partial charge in [-0.3, -0.25) is 9.78 Å². The fraction of sp³-hybridized carbons (Fsp3) is 0.167. The molecule has 2 heterocycles. The minimum Gasteiger partial charge on any atom is -0.346 e. The molecule has 0 aliphatic rings. The van der Waals surface area contributed by atoms with Crippen LogP contribution < -0.4 is 5.32 Å². The highest BCUT2D eigenvalue weighted by atomic mass is 19.1. The molecule has 1 N–H and O–H groups in total. The largest absolute Gasteiger partial charge is 0.346 e. The second-order valence-electron chi connectivity index (χ2n) is 7.49. The summed E-state index contributed by atoms with van der Waals surface area (Å²) in [6, 6.07) is 17.6. The van der Waals surface area contributed by atoms with Crippen LogP contribution in [-0.2, 0) is 6.54 Å². The van der Waals surface area contributed by atoms with Crippen molar-refractivity contribution < 1.29 is 9.18 Å². The predicted octanol–water partition coefficient (Wildman–Crippen LogP) is 4.52. The smallest absolute Gasteiger partial charge is 0.274 e. The number of nitrogens with one attached hydrogen (secondary N) is 1. The van der Waals surface area contributed by atoms with Gasteiger partial charge in [0, 0.05) is 24.5 Å². The van der Waals surface area contributed by atoms with Crippen molar-refractivity contribution in [1.29, 1.82) is 0 Å². The molecule has 0 bridgehead atoms. The first kappa shape index (κ1) is 20.4. The summed E-state index contributed by atoms with van der Waals surface area (Å²) in [6.45, 7) is 4.65. The van der Waals surface area contributed by atoms with Gasteiger partial charge < -0.3 is 5.32 Å². The molecule has 156 valence electrons. The van der Waals surface area contributed by atoms with Crippen LogP contribution >= 0.6 is 0 Å². The number of hydrogen-bond donors (Lipinski definition) is 1. The van der Waals surface area contributed by atoms with E-state index in [1.807, 2.05) is 12.1 Å². The molecule has 0 saturated heterocycles. The summed E-state index contributed by atoms with van der Waals surface area (Å²) in [6.07, 6.45) is 3.27. The van der Waals surface area contributed by atoms with Crippen LogP contribution in [0, 0.1) is 5.82 Å². The third kappa shape index (κ3) is 4.50. The van der Waals surface area contributed by atoms with E-state index in [4.69, 9.17) is 0 Å². The molecular formula is C24H22FN5O. The standard InChI is InChI=1S/C24H22FN5O/c1-16(2)18-5-3-17(4-6-18)15-27-24(31)22-23(19-11-13-26-14-12-19)30(29-28-22)21-9-7-20(25)8-10-21/h3-14,16H,15H2,1-2H3,(H,27,31). The molecule has 31 heavy (non-hydrogen) atoms. The molecule has 0 atom stereocenters. The molecule has 0 fully saturated rings. The molecule has 0 spiro atoms. The van der Waals surface area contributed by atoms with Crippen LogP contribution in [0.5, 0.6) is 0 Å². The zero-order valence-corrected chi connectivity index (χ0v) is 17.3. The number of rotatable bonds is 6. The van der Waals surface area contributed by atoms with Crippen LogP contribution in [-0.4, -0.2) is 25.9 Å². The van der Waals surface area contributed by atoms with Gasteiger partial charge in [-0.25, -0.2) is 9.07 Å². The van der Waals surface area contributed by atoms with E-state index in [2.05, 4.69) is 46.6 Å².